The maximum absolute atomic E-state index is 13.5. The fraction of sp³-hybridized carbons (Fsp3) is 0.448. The van der Waals surface area contributed by atoms with Crippen molar-refractivity contribution >= 4 is 46.1 Å². The third-order valence-corrected chi connectivity index (χ3v) is 8.45. The Bertz CT molecular complexity index is 1340. The minimum Gasteiger partial charge on any atom is -0.357 e. The number of piperidine rings is 1. The van der Waals surface area contributed by atoms with E-state index in [0.29, 0.717) is 39.7 Å². The van der Waals surface area contributed by atoms with Crippen molar-refractivity contribution in [3.63, 3.8) is 0 Å². The highest BCUT2D eigenvalue weighted by atomic mass is 32.2. The van der Waals surface area contributed by atoms with Crippen LogP contribution in [0.4, 0.5) is 5.82 Å². The average molecular weight is 535 g/mol. The number of anilines is 1. The van der Waals surface area contributed by atoms with Crippen LogP contribution < -0.4 is 10.5 Å². The first kappa shape index (κ1) is 27.2. The van der Waals surface area contributed by atoms with Gasteiger partial charge in [-0.15, -0.1) is 0 Å². The summed E-state index contributed by atoms with van der Waals surface area (Å²) in [5, 5.41) is 9.88. The van der Waals surface area contributed by atoms with Gasteiger partial charge in [0.15, 0.2) is 0 Å². The zero-order valence-corrected chi connectivity index (χ0v) is 23.8. The van der Waals surface area contributed by atoms with Crippen LogP contribution in [0.5, 0.6) is 0 Å². The summed E-state index contributed by atoms with van der Waals surface area (Å²) in [5.74, 6) is 1.62. The van der Waals surface area contributed by atoms with Gasteiger partial charge >= 0.3 is 0 Å². The van der Waals surface area contributed by atoms with Crippen LogP contribution in [0.3, 0.4) is 0 Å². The first-order chi connectivity index (χ1) is 17.6. The van der Waals surface area contributed by atoms with Crippen molar-refractivity contribution in [1.82, 2.24) is 9.47 Å². The molecule has 2 unspecified atom stereocenters. The van der Waals surface area contributed by atoms with E-state index in [4.69, 9.17) is 12.2 Å². The molecule has 2 saturated heterocycles. The summed E-state index contributed by atoms with van der Waals surface area (Å²) in [6.45, 7) is 12.9. The van der Waals surface area contributed by atoms with Crippen molar-refractivity contribution in [3.8, 4) is 6.07 Å². The second-order valence-corrected chi connectivity index (χ2v) is 12.1. The molecule has 1 amide bonds. The van der Waals surface area contributed by atoms with Gasteiger partial charge in [-0.3, -0.25) is 19.1 Å². The summed E-state index contributed by atoms with van der Waals surface area (Å²) in [7, 11) is 0. The molecule has 194 valence electrons. The first-order valence-electron chi connectivity index (χ1n) is 12.9. The number of pyridine rings is 1. The van der Waals surface area contributed by atoms with E-state index in [2.05, 4.69) is 24.8 Å². The molecule has 3 heterocycles. The van der Waals surface area contributed by atoms with Crippen LogP contribution in [0.25, 0.3) is 6.08 Å². The molecule has 0 radical (unpaired) electrons. The molecule has 37 heavy (non-hydrogen) atoms. The maximum atomic E-state index is 13.5. The molecule has 2 atom stereocenters. The SMILES string of the molecule is CCCn1c(N2CC(C)CC(C)C2)c(/C=C2/SC(=S)N(Cc3ccc(C)cc3)C2=O)c(C)c(C#N)c1=O. The van der Waals surface area contributed by atoms with Crippen molar-refractivity contribution in [3.05, 3.63) is 67.3 Å². The normalized spacial score (nSPS) is 21.1. The topological polar surface area (TPSA) is 69.3 Å². The van der Waals surface area contributed by atoms with Crippen LogP contribution in [-0.2, 0) is 17.9 Å². The highest BCUT2D eigenvalue weighted by molar-refractivity contribution is 8.26. The van der Waals surface area contributed by atoms with Crippen molar-refractivity contribution < 1.29 is 4.79 Å². The quantitative estimate of drug-likeness (QED) is 0.353. The van der Waals surface area contributed by atoms with Gasteiger partial charge in [0, 0.05) is 25.2 Å². The van der Waals surface area contributed by atoms with E-state index in [1.54, 1.807) is 9.47 Å². The van der Waals surface area contributed by atoms with Gasteiger partial charge in [0.25, 0.3) is 11.5 Å². The van der Waals surface area contributed by atoms with Gasteiger partial charge in [-0.2, -0.15) is 5.26 Å². The van der Waals surface area contributed by atoms with E-state index in [9.17, 15) is 14.9 Å². The van der Waals surface area contributed by atoms with Crippen LogP contribution in [0.15, 0.2) is 34.0 Å². The largest absolute Gasteiger partial charge is 0.357 e. The third kappa shape index (κ3) is 5.53. The van der Waals surface area contributed by atoms with Crippen molar-refractivity contribution in [1.29, 1.82) is 5.26 Å². The summed E-state index contributed by atoms with van der Waals surface area (Å²) >= 11 is 6.88. The monoisotopic (exact) mass is 534 g/mol. The zero-order chi connectivity index (χ0) is 26.9. The highest BCUT2D eigenvalue weighted by Gasteiger charge is 2.34. The lowest BCUT2D eigenvalue weighted by Crippen LogP contribution is -2.43. The molecule has 0 bridgehead atoms. The van der Waals surface area contributed by atoms with Crippen molar-refractivity contribution in [2.45, 2.75) is 60.5 Å². The number of hydrogen-bond acceptors (Lipinski definition) is 6. The number of thiocarbonyl (C=S) groups is 1. The van der Waals surface area contributed by atoms with E-state index >= 15 is 0 Å². The molecular formula is C29H34N4O2S2. The molecule has 2 fully saturated rings. The zero-order valence-electron chi connectivity index (χ0n) is 22.2. The summed E-state index contributed by atoms with van der Waals surface area (Å²) in [5.41, 5.74) is 3.43. The van der Waals surface area contributed by atoms with Crippen LogP contribution >= 0.6 is 24.0 Å². The molecule has 0 spiro atoms. The molecule has 1 aromatic carbocycles. The number of amides is 1. The molecule has 6 nitrogen and oxygen atoms in total. The minimum atomic E-state index is -0.258. The Morgan fingerprint density at radius 2 is 1.78 bits per heavy atom. The molecule has 8 heteroatoms. The highest BCUT2D eigenvalue weighted by Crippen LogP contribution is 2.38. The van der Waals surface area contributed by atoms with Gasteiger partial charge in [-0.25, -0.2) is 0 Å². The average Bonchev–Trinajstić information content (AvgIpc) is 3.10. The Kier molecular flexibility index (Phi) is 8.25. The number of hydrogen-bond donors (Lipinski definition) is 0. The van der Waals surface area contributed by atoms with E-state index in [1.165, 1.54) is 11.8 Å². The van der Waals surface area contributed by atoms with Crippen LogP contribution in [-0.4, -0.2) is 32.8 Å². The first-order valence-corrected chi connectivity index (χ1v) is 14.1. The van der Waals surface area contributed by atoms with Crippen LogP contribution in [0.1, 0.15) is 61.4 Å². The fourth-order valence-electron chi connectivity index (χ4n) is 5.40. The number of nitrogens with zero attached hydrogens (tertiary/aromatic N) is 4. The number of thioether (sulfide) groups is 1. The van der Waals surface area contributed by atoms with E-state index < -0.39 is 0 Å². The van der Waals surface area contributed by atoms with Gasteiger partial charge in [0.05, 0.1) is 11.4 Å². The summed E-state index contributed by atoms with van der Waals surface area (Å²) < 4.78 is 2.26. The van der Waals surface area contributed by atoms with Gasteiger partial charge < -0.3 is 4.90 Å². The standard InChI is InChI=1S/C29H34N4O2S2/c1-6-11-32-26(31-15-19(3)12-20(4)16-31)23(21(5)24(14-30)27(32)34)13-25-28(35)33(29(36)37-25)17-22-9-7-18(2)8-10-22/h7-10,13,19-20H,6,11-12,15-17H2,1-5H3/b25-13+. The molecule has 2 aromatic rings. The van der Waals surface area contributed by atoms with Crippen LogP contribution in [0.2, 0.25) is 0 Å². The van der Waals surface area contributed by atoms with Gasteiger partial charge in [0.2, 0.25) is 0 Å². The maximum Gasteiger partial charge on any atom is 0.270 e. The number of carbonyl (C=O) groups excluding carboxylic acids is 1. The summed E-state index contributed by atoms with van der Waals surface area (Å²) in [6, 6.07) is 10.2. The Morgan fingerprint density at radius 3 is 2.38 bits per heavy atom. The number of rotatable bonds is 6. The Labute approximate surface area is 229 Å². The van der Waals surface area contributed by atoms with Gasteiger partial charge in [0.1, 0.15) is 21.8 Å². The second-order valence-electron chi connectivity index (χ2n) is 10.4. The van der Waals surface area contributed by atoms with Crippen molar-refractivity contribution in [2.75, 3.05) is 18.0 Å². The molecule has 0 saturated carbocycles. The predicted octanol–water partition coefficient (Wildman–Crippen LogP) is 5.63. The smallest absolute Gasteiger partial charge is 0.270 e. The number of nitriles is 1. The van der Waals surface area contributed by atoms with E-state index in [-0.39, 0.29) is 17.0 Å². The molecule has 4 rings (SSSR count). The lowest BCUT2D eigenvalue weighted by atomic mass is 9.91. The fourth-order valence-corrected chi connectivity index (χ4v) is 6.63. The Balaban J connectivity index is 1.83. The van der Waals surface area contributed by atoms with E-state index in [1.807, 2.05) is 51.1 Å². The molecular weight excluding hydrogens is 500 g/mol. The number of benzene rings is 1. The Hall–Kier alpha value is -2.89. The van der Waals surface area contributed by atoms with Gasteiger partial charge in [-0.1, -0.05) is 74.6 Å². The lowest BCUT2D eigenvalue weighted by Gasteiger charge is -2.39. The number of carbonyl (C=O) groups is 1. The Morgan fingerprint density at radius 1 is 1.14 bits per heavy atom. The molecule has 2 aliphatic rings. The van der Waals surface area contributed by atoms with Crippen LogP contribution in [0, 0.1) is 37.0 Å². The van der Waals surface area contributed by atoms with E-state index in [0.717, 1.165) is 48.4 Å². The number of aryl methyl sites for hydroxylation is 1. The minimum absolute atomic E-state index is 0.136. The third-order valence-electron chi connectivity index (χ3n) is 7.07. The lowest BCUT2D eigenvalue weighted by molar-refractivity contribution is -0.122. The number of aromatic nitrogens is 1. The van der Waals surface area contributed by atoms with Gasteiger partial charge in [-0.05, 0) is 55.7 Å². The predicted molar refractivity (Wildman–Crippen MR) is 155 cm³/mol. The second kappa shape index (κ2) is 11.2. The van der Waals surface area contributed by atoms with Crippen molar-refractivity contribution in [2.24, 2.45) is 11.8 Å². The summed E-state index contributed by atoms with van der Waals surface area (Å²) in [6.07, 6.45) is 3.75. The molecule has 0 aliphatic carbocycles. The molecule has 2 aliphatic heterocycles. The summed E-state index contributed by atoms with van der Waals surface area (Å²) in [4.78, 5) is 31.4. The molecule has 0 N–H and O–H groups in total. The molecule has 1 aromatic heterocycles.